The maximum Gasteiger partial charge on any atom is 0.407 e. The van der Waals surface area contributed by atoms with Gasteiger partial charge in [0.05, 0.1) is 12.0 Å². The van der Waals surface area contributed by atoms with Gasteiger partial charge in [-0.15, -0.1) is 0 Å². The highest BCUT2D eigenvalue weighted by Crippen LogP contribution is 2.20. The van der Waals surface area contributed by atoms with Gasteiger partial charge >= 0.3 is 6.09 Å². The van der Waals surface area contributed by atoms with Gasteiger partial charge in [0.25, 0.3) is 0 Å². The highest BCUT2D eigenvalue weighted by Gasteiger charge is 2.24. The first-order valence-electron chi connectivity index (χ1n) is 8.05. The zero-order valence-corrected chi connectivity index (χ0v) is 14.0. The topological polar surface area (TPSA) is 79.0 Å². The van der Waals surface area contributed by atoms with Gasteiger partial charge in [-0.1, -0.05) is 0 Å². The number of carbonyl (C=O) groups excluding carboxylic acids is 1. The quantitative estimate of drug-likeness (QED) is 0.799. The summed E-state index contributed by atoms with van der Waals surface area (Å²) in [6, 6.07) is 0.716. The zero-order valence-electron chi connectivity index (χ0n) is 14.0. The van der Waals surface area contributed by atoms with Crippen molar-refractivity contribution in [1.82, 2.24) is 20.6 Å². The molecule has 1 amide bonds. The molecule has 1 aromatic heterocycles. The van der Waals surface area contributed by atoms with Crippen molar-refractivity contribution in [2.75, 3.05) is 0 Å². The fourth-order valence-electron chi connectivity index (χ4n) is 2.72. The highest BCUT2D eigenvalue weighted by atomic mass is 16.6. The Morgan fingerprint density at radius 1 is 1.32 bits per heavy atom. The maximum absolute atomic E-state index is 11.8. The normalized spacial score (nSPS) is 22.4. The minimum absolute atomic E-state index is 0.222. The largest absolute Gasteiger partial charge is 0.444 e. The van der Waals surface area contributed by atoms with Gasteiger partial charge in [0, 0.05) is 24.3 Å². The van der Waals surface area contributed by atoms with Crippen molar-refractivity contribution < 1.29 is 9.53 Å². The van der Waals surface area contributed by atoms with Crippen molar-refractivity contribution in [3.05, 3.63) is 17.7 Å². The number of carbonyl (C=O) groups is 1. The van der Waals surface area contributed by atoms with E-state index in [1.807, 2.05) is 27.7 Å². The van der Waals surface area contributed by atoms with Crippen LogP contribution in [0.3, 0.4) is 0 Å². The number of hydrogen-bond acceptors (Lipinski definition) is 4. The Bertz CT molecular complexity index is 485. The summed E-state index contributed by atoms with van der Waals surface area (Å²) < 4.78 is 5.30. The number of rotatable bonds is 4. The lowest BCUT2D eigenvalue weighted by Crippen LogP contribution is -2.43. The number of aromatic amines is 1. The fraction of sp³-hybridized carbons (Fsp3) is 0.750. The van der Waals surface area contributed by atoms with Gasteiger partial charge in [-0.2, -0.15) is 0 Å². The van der Waals surface area contributed by atoms with Crippen molar-refractivity contribution in [1.29, 1.82) is 0 Å². The predicted octanol–water partition coefficient (Wildman–Crippen LogP) is 2.64. The number of imidazole rings is 1. The van der Waals surface area contributed by atoms with E-state index >= 15 is 0 Å². The number of alkyl carbamates (subject to hydrolysis) is 1. The molecule has 1 aliphatic carbocycles. The molecule has 1 saturated carbocycles. The van der Waals surface area contributed by atoms with Crippen LogP contribution in [-0.2, 0) is 11.3 Å². The summed E-state index contributed by atoms with van der Waals surface area (Å²) in [7, 11) is 0. The molecular weight excluding hydrogens is 280 g/mol. The average molecular weight is 308 g/mol. The van der Waals surface area contributed by atoms with Crippen LogP contribution in [0.4, 0.5) is 4.79 Å². The Balaban J connectivity index is 1.67. The molecule has 0 aromatic carbocycles. The average Bonchev–Trinajstić information content (AvgIpc) is 2.81. The summed E-state index contributed by atoms with van der Waals surface area (Å²) in [5, 5.41) is 6.52. The second-order valence-electron chi connectivity index (χ2n) is 7.05. The number of aromatic nitrogens is 2. The Kier molecular flexibility index (Phi) is 5.45. The minimum atomic E-state index is -0.440. The van der Waals surface area contributed by atoms with E-state index in [2.05, 4.69) is 20.6 Å². The van der Waals surface area contributed by atoms with Gasteiger partial charge in [-0.05, 0) is 53.4 Å². The second-order valence-corrected chi connectivity index (χ2v) is 7.05. The first-order chi connectivity index (χ1) is 10.3. The third-order valence-corrected chi connectivity index (χ3v) is 3.94. The van der Waals surface area contributed by atoms with E-state index in [0.717, 1.165) is 43.6 Å². The van der Waals surface area contributed by atoms with Crippen molar-refractivity contribution in [3.63, 3.8) is 0 Å². The third-order valence-electron chi connectivity index (χ3n) is 3.94. The van der Waals surface area contributed by atoms with Crippen LogP contribution in [0.5, 0.6) is 0 Å². The van der Waals surface area contributed by atoms with Gasteiger partial charge in [0.1, 0.15) is 5.60 Å². The highest BCUT2D eigenvalue weighted by molar-refractivity contribution is 5.68. The van der Waals surface area contributed by atoms with E-state index in [1.165, 1.54) is 0 Å². The van der Waals surface area contributed by atoms with Crippen LogP contribution in [0.2, 0.25) is 0 Å². The van der Waals surface area contributed by atoms with E-state index in [-0.39, 0.29) is 12.1 Å². The summed E-state index contributed by atoms with van der Waals surface area (Å²) in [5.74, 6) is 0. The SMILES string of the molecule is Cc1[nH]cnc1CNC1CCC(NC(=O)OC(C)(C)C)CC1. The monoisotopic (exact) mass is 308 g/mol. The van der Waals surface area contributed by atoms with Gasteiger partial charge < -0.3 is 20.4 Å². The van der Waals surface area contributed by atoms with Crippen molar-refractivity contribution in [3.8, 4) is 0 Å². The molecule has 124 valence electrons. The molecule has 3 N–H and O–H groups in total. The minimum Gasteiger partial charge on any atom is -0.444 e. The number of ether oxygens (including phenoxy) is 1. The van der Waals surface area contributed by atoms with Gasteiger partial charge in [-0.25, -0.2) is 9.78 Å². The third kappa shape index (κ3) is 5.33. The molecule has 22 heavy (non-hydrogen) atoms. The molecule has 6 heteroatoms. The first kappa shape index (κ1) is 16.8. The zero-order chi connectivity index (χ0) is 16.2. The molecule has 1 fully saturated rings. The molecular formula is C16H28N4O2. The summed E-state index contributed by atoms with van der Waals surface area (Å²) in [5.41, 5.74) is 1.76. The number of hydrogen-bond donors (Lipinski definition) is 3. The van der Waals surface area contributed by atoms with Crippen LogP contribution in [0.1, 0.15) is 57.8 Å². The standard InChI is InChI=1S/C16H28N4O2/c1-11-14(19-10-18-11)9-17-12-5-7-13(8-6-12)20-15(21)22-16(2,3)4/h10,12-13,17H,5-9H2,1-4H3,(H,18,19)(H,20,21). The predicted molar refractivity (Wildman–Crippen MR) is 85.6 cm³/mol. The van der Waals surface area contributed by atoms with Crippen LogP contribution in [0.15, 0.2) is 6.33 Å². The number of nitrogens with zero attached hydrogens (tertiary/aromatic N) is 1. The Labute approximate surface area is 132 Å². The van der Waals surface area contributed by atoms with E-state index in [1.54, 1.807) is 6.33 Å². The van der Waals surface area contributed by atoms with E-state index in [4.69, 9.17) is 4.74 Å². The molecule has 0 saturated heterocycles. The molecule has 0 bridgehead atoms. The molecule has 2 rings (SSSR count). The number of H-pyrrole nitrogens is 1. The number of nitrogens with one attached hydrogen (secondary N) is 3. The molecule has 1 heterocycles. The van der Waals surface area contributed by atoms with E-state index < -0.39 is 5.60 Å². The molecule has 1 aromatic rings. The van der Waals surface area contributed by atoms with E-state index in [0.29, 0.717) is 6.04 Å². The molecule has 1 aliphatic rings. The van der Waals surface area contributed by atoms with Crippen LogP contribution in [0.25, 0.3) is 0 Å². The van der Waals surface area contributed by atoms with E-state index in [9.17, 15) is 4.79 Å². The van der Waals surface area contributed by atoms with Crippen molar-refractivity contribution >= 4 is 6.09 Å². The lowest BCUT2D eigenvalue weighted by atomic mass is 9.91. The summed E-state index contributed by atoms with van der Waals surface area (Å²) in [6.45, 7) is 8.47. The van der Waals surface area contributed by atoms with Crippen LogP contribution in [0, 0.1) is 6.92 Å². The summed E-state index contributed by atoms with van der Waals surface area (Å²) >= 11 is 0. The van der Waals surface area contributed by atoms with Crippen molar-refractivity contribution in [2.45, 2.75) is 77.6 Å². The van der Waals surface area contributed by atoms with Crippen molar-refractivity contribution in [2.24, 2.45) is 0 Å². The van der Waals surface area contributed by atoms with Crippen LogP contribution >= 0.6 is 0 Å². The fourth-order valence-corrected chi connectivity index (χ4v) is 2.72. The number of aryl methyl sites for hydroxylation is 1. The van der Waals surface area contributed by atoms with Crippen LogP contribution < -0.4 is 10.6 Å². The lowest BCUT2D eigenvalue weighted by molar-refractivity contribution is 0.0489. The lowest BCUT2D eigenvalue weighted by Gasteiger charge is -2.30. The van der Waals surface area contributed by atoms with Gasteiger partial charge in [0.2, 0.25) is 0 Å². The van der Waals surface area contributed by atoms with Crippen LogP contribution in [-0.4, -0.2) is 33.7 Å². The van der Waals surface area contributed by atoms with Gasteiger partial charge in [-0.3, -0.25) is 0 Å². The second kappa shape index (κ2) is 7.13. The molecule has 0 atom stereocenters. The smallest absolute Gasteiger partial charge is 0.407 e. The molecule has 0 spiro atoms. The Morgan fingerprint density at radius 2 is 1.95 bits per heavy atom. The summed E-state index contributed by atoms with van der Waals surface area (Å²) in [6.07, 6.45) is 5.51. The number of amides is 1. The molecule has 0 radical (unpaired) electrons. The Hall–Kier alpha value is -1.56. The summed E-state index contributed by atoms with van der Waals surface area (Å²) in [4.78, 5) is 19.2. The Morgan fingerprint density at radius 3 is 2.50 bits per heavy atom. The maximum atomic E-state index is 11.8. The molecule has 0 aliphatic heterocycles. The van der Waals surface area contributed by atoms with Gasteiger partial charge in [0.15, 0.2) is 0 Å². The molecule has 6 nitrogen and oxygen atoms in total. The molecule has 0 unspecified atom stereocenters. The first-order valence-corrected chi connectivity index (χ1v) is 8.05.